The molecule has 1 fully saturated rings. The second-order valence-electron chi connectivity index (χ2n) is 8.03. The monoisotopic (exact) mass is 408 g/mol. The molecule has 0 amide bonds. The van der Waals surface area contributed by atoms with E-state index in [0.717, 1.165) is 61.3 Å². The molecule has 7 heteroatoms. The Morgan fingerprint density at radius 1 is 1.07 bits per heavy atom. The summed E-state index contributed by atoms with van der Waals surface area (Å²) in [5.74, 6) is 1.67. The number of guanidine groups is 1. The SMILES string of the molecule is NC(N)=NCCN1CCC(Cc2nc3ccccc3n2Cc2ccc(F)cc2)CC1. The van der Waals surface area contributed by atoms with Crippen LogP contribution < -0.4 is 11.5 Å². The average molecular weight is 409 g/mol. The maximum absolute atomic E-state index is 13.3. The first kappa shape index (κ1) is 20.3. The lowest BCUT2D eigenvalue weighted by Crippen LogP contribution is -2.36. The van der Waals surface area contributed by atoms with E-state index in [9.17, 15) is 4.39 Å². The highest BCUT2D eigenvalue weighted by Crippen LogP contribution is 2.25. The number of imidazole rings is 1. The summed E-state index contributed by atoms with van der Waals surface area (Å²) in [6, 6.07) is 15.0. The summed E-state index contributed by atoms with van der Waals surface area (Å²) in [5.41, 5.74) is 14.0. The van der Waals surface area contributed by atoms with Gasteiger partial charge in [-0.1, -0.05) is 24.3 Å². The van der Waals surface area contributed by atoms with Crippen molar-refractivity contribution in [2.45, 2.75) is 25.8 Å². The van der Waals surface area contributed by atoms with Gasteiger partial charge in [-0.15, -0.1) is 0 Å². The molecule has 1 saturated heterocycles. The largest absolute Gasteiger partial charge is 0.370 e. The van der Waals surface area contributed by atoms with Crippen LogP contribution in [0.4, 0.5) is 4.39 Å². The number of nitrogens with two attached hydrogens (primary N) is 2. The number of benzene rings is 2. The van der Waals surface area contributed by atoms with Crippen molar-refractivity contribution >= 4 is 17.0 Å². The van der Waals surface area contributed by atoms with E-state index < -0.39 is 0 Å². The third-order valence-electron chi connectivity index (χ3n) is 5.88. The number of para-hydroxylation sites is 2. The normalized spacial score (nSPS) is 15.5. The maximum atomic E-state index is 13.3. The third-order valence-corrected chi connectivity index (χ3v) is 5.88. The highest BCUT2D eigenvalue weighted by atomic mass is 19.1. The summed E-state index contributed by atoms with van der Waals surface area (Å²) in [6.07, 6.45) is 3.24. The molecule has 0 saturated carbocycles. The molecule has 0 spiro atoms. The van der Waals surface area contributed by atoms with Gasteiger partial charge in [0, 0.05) is 19.5 Å². The molecule has 2 heterocycles. The van der Waals surface area contributed by atoms with Crippen LogP contribution in [0.3, 0.4) is 0 Å². The highest BCUT2D eigenvalue weighted by molar-refractivity contribution is 5.76. The predicted octanol–water partition coefficient (Wildman–Crippen LogP) is 2.75. The van der Waals surface area contributed by atoms with Gasteiger partial charge in [-0.25, -0.2) is 9.37 Å². The Morgan fingerprint density at radius 2 is 1.80 bits per heavy atom. The molecule has 0 radical (unpaired) electrons. The quantitative estimate of drug-likeness (QED) is 0.465. The van der Waals surface area contributed by atoms with Crippen molar-refractivity contribution in [1.82, 2.24) is 14.5 Å². The van der Waals surface area contributed by atoms with Gasteiger partial charge < -0.3 is 20.9 Å². The molecule has 3 aromatic rings. The molecule has 4 rings (SSSR count). The number of piperidine rings is 1. The Bertz CT molecular complexity index is 998. The van der Waals surface area contributed by atoms with Crippen LogP contribution in [-0.2, 0) is 13.0 Å². The molecule has 6 nitrogen and oxygen atoms in total. The Kier molecular flexibility index (Phi) is 6.28. The summed E-state index contributed by atoms with van der Waals surface area (Å²) in [6.45, 7) is 4.37. The van der Waals surface area contributed by atoms with Gasteiger partial charge in [0.15, 0.2) is 5.96 Å². The fourth-order valence-corrected chi connectivity index (χ4v) is 4.22. The Labute approximate surface area is 176 Å². The topological polar surface area (TPSA) is 85.5 Å². The number of nitrogens with zero attached hydrogens (tertiary/aromatic N) is 4. The fourth-order valence-electron chi connectivity index (χ4n) is 4.22. The van der Waals surface area contributed by atoms with Gasteiger partial charge in [0.2, 0.25) is 0 Å². The molecular formula is C23H29FN6. The van der Waals surface area contributed by atoms with Crippen molar-refractivity contribution < 1.29 is 4.39 Å². The van der Waals surface area contributed by atoms with Crippen LogP contribution in [-0.4, -0.2) is 46.6 Å². The molecule has 0 unspecified atom stereocenters. The molecular weight excluding hydrogens is 379 g/mol. The molecule has 0 atom stereocenters. The first-order valence-electron chi connectivity index (χ1n) is 10.5. The van der Waals surface area contributed by atoms with Crippen molar-refractivity contribution in [2.24, 2.45) is 22.4 Å². The highest BCUT2D eigenvalue weighted by Gasteiger charge is 2.22. The number of aliphatic imine (C=N–C) groups is 1. The van der Waals surface area contributed by atoms with Crippen LogP contribution in [0.5, 0.6) is 0 Å². The van der Waals surface area contributed by atoms with Crippen LogP contribution >= 0.6 is 0 Å². The van der Waals surface area contributed by atoms with Crippen molar-refractivity contribution in [3.05, 3.63) is 65.7 Å². The van der Waals surface area contributed by atoms with Gasteiger partial charge in [-0.05, 0) is 61.7 Å². The smallest absolute Gasteiger partial charge is 0.185 e. The van der Waals surface area contributed by atoms with Gasteiger partial charge >= 0.3 is 0 Å². The van der Waals surface area contributed by atoms with Gasteiger partial charge in [0.05, 0.1) is 17.6 Å². The van der Waals surface area contributed by atoms with Crippen molar-refractivity contribution in [2.75, 3.05) is 26.2 Å². The van der Waals surface area contributed by atoms with Crippen LogP contribution in [0.25, 0.3) is 11.0 Å². The van der Waals surface area contributed by atoms with Crippen LogP contribution in [0.15, 0.2) is 53.5 Å². The summed E-state index contributed by atoms with van der Waals surface area (Å²) in [5, 5.41) is 0. The van der Waals surface area contributed by atoms with E-state index in [1.165, 1.54) is 12.1 Å². The molecule has 1 aliphatic rings. The van der Waals surface area contributed by atoms with Crippen LogP contribution in [0, 0.1) is 11.7 Å². The molecule has 30 heavy (non-hydrogen) atoms. The van der Waals surface area contributed by atoms with Gasteiger partial charge in [-0.2, -0.15) is 0 Å². The van der Waals surface area contributed by atoms with E-state index in [1.807, 2.05) is 24.3 Å². The third kappa shape index (κ3) is 4.97. The summed E-state index contributed by atoms with van der Waals surface area (Å²) in [7, 11) is 0. The second kappa shape index (κ2) is 9.26. The standard InChI is InChI=1S/C23H29FN6/c24-19-7-5-18(6-8-19)16-30-21-4-2-1-3-20(21)28-22(30)15-17-9-12-29(13-10-17)14-11-27-23(25)26/h1-8,17H,9-16H2,(H4,25,26,27). The fraction of sp³-hybridized carbons (Fsp3) is 0.391. The van der Waals surface area contributed by atoms with E-state index in [1.54, 1.807) is 0 Å². The lowest BCUT2D eigenvalue weighted by Gasteiger charge is -2.31. The lowest BCUT2D eigenvalue weighted by atomic mass is 9.93. The minimum atomic E-state index is -0.207. The first-order valence-corrected chi connectivity index (χ1v) is 10.5. The Morgan fingerprint density at radius 3 is 2.53 bits per heavy atom. The Balaban J connectivity index is 1.45. The van der Waals surface area contributed by atoms with Gasteiger partial charge in [-0.3, -0.25) is 4.99 Å². The number of halogens is 1. The number of fused-ring (bicyclic) bond motifs is 1. The zero-order valence-corrected chi connectivity index (χ0v) is 17.2. The minimum absolute atomic E-state index is 0.157. The maximum Gasteiger partial charge on any atom is 0.185 e. The lowest BCUT2D eigenvalue weighted by molar-refractivity contribution is 0.187. The van der Waals surface area contributed by atoms with Gasteiger partial charge in [0.25, 0.3) is 0 Å². The average Bonchev–Trinajstić information content (AvgIpc) is 3.08. The molecule has 0 bridgehead atoms. The summed E-state index contributed by atoms with van der Waals surface area (Å²) < 4.78 is 15.6. The zero-order valence-electron chi connectivity index (χ0n) is 17.2. The molecule has 2 aromatic carbocycles. The van der Waals surface area contributed by atoms with E-state index in [2.05, 4.69) is 26.6 Å². The van der Waals surface area contributed by atoms with Crippen LogP contribution in [0.1, 0.15) is 24.2 Å². The molecule has 0 aliphatic carbocycles. The van der Waals surface area contributed by atoms with Crippen molar-refractivity contribution in [1.29, 1.82) is 0 Å². The molecule has 4 N–H and O–H groups in total. The summed E-state index contributed by atoms with van der Waals surface area (Å²) in [4.78, 5) is 11.4. The molecule has 158 valence electrons. The van der Waals surface area contributed by atoms with Crippen molar-refractivity contribution in [3.63, 3.8) is 0 Å². The molecule has 1 aliphatic heterocycles. The van der Waals surface area contributed by atoms with Crippen molar-refractivity contribution in [3.8, 4) is 0 Å². The summed E-state index contributed by atoms with van der Waals surface area (Å²) >= 11 is 0. The zero-order chi connectivity index (χ0) is 20.9. The van der Waals surface area contributed by atoms with E-state index >= 15 is 0 Å². The van der Waals surface area contributed by atoms with E-state index in [4.69, 9.17) is 16.5 Å². The second-order valence-corrected chi connectivity index (χ2v) is 8.03. The minimum Gasteiger partial charge on any atom is -0.370 e. The number of hydrogen-bond donors (Lipinski definition) is 2. The van der Waals surface area contributed by atoms with E-state index in [-0.39, 0.29) is 11.8 Å². The number of rotatable bonds is 7. The van der Waals surface area contributed by atoms with Gasteiger partial charge in [0.1, 0.15) is 11.6 Å². The number of likely N-dealkylation sites (tertiary alicyclic amines) is 1. The number of hydrogen-bond acceptors (Lipinski definition) is 3. The predicted molar refractivity (Wildman–Crippen MR) is 119 cm³/mol. The van der Waals surface area contributed by atoms with Crippen LogP contribution in [0.2, 0.25) is 0 Å². The molecule has 1 aromatic heterocycles. The number of aromatic nitrogens is 2. The Hall–Kier alpha value is -2.93. The van der Waals surface area contributed by atoms with E-state index in [0.29, 0.717) is 19.0 Å². The first-order chi connectivity index (χ1) is 14.6.